The van der Waals surface area contributed by atoms with Gasteiger partial charge in [-0.25, -0.2) is 4.79 Å². The third kappa shape index (κ3) is 2.96. The maximum Gasteiger partial charge on any atom is 0.422 e. The van der Waals surface area contributed by atoms with Crippen molar-refractivity contribution < 1.29 is 33.0 Å². The van der Waals surface area contributed by atoms with E-state index in [-0.39, 0.29) is 5.02 Å². The maximum absolute atomic E-state index is 12.7. The molecule has 1 atom stereocenters. The Labute approximate surface area is 116 Å². The highest BCUT2D eigenvalue weighted by atomic mass is 35.5. The number of phenolic OH excluding ortho intramolecular Hbond substituents is 1. The molecule has 0 aliphatic rings. The Morgan fingerprint density at radius 3 is 2.30 bits per heavy atom. The molecule has 0 bridgehead atoms. The number of carbonyl (C=O) groups excluding carboxylic acids is 1. The van der Waals surface area contributed by atoms with Crippen molar-refractivity contribution in [1.82, 2.24) is 5.32 Å². The molecule has 0 aliphatic heterocycles. The van der Waals surface area contributed by atoms with E-state index >= 15 is 0 Å². The molecule has 0 aliphatic carbocycles. The van der Waals surface area contributed by atoms with Crippen LogP contribution in [0.4, 0.5) is 13.2 Å². The molecule has 110 valence electrons. The molecule has 0 radical (unpaired) electrons. The number of phenols is 1. The summed E-state index contributed by atoms with van der Waals surface area (Å²) in [5, 5.41) is 19.0. The Bertz CT molecular complexity index is 561. The summed E-state index contributed by atoms with van der Waals surface area (Å²) in [6, 6.07) is 3.05. The van der Waals surface area contributed by atoms with Crippen LogP contribution >= 0.6 is 11.6 Å². The Hall–Kier alpha value is -1.96. The maximum atomic E-state index is 12.7. The molecule has 5 nitrogen and oxygen atoms in total. The Morgan fingerprint density at radius 1 is 1.30 bits per heavy atom. The quantitative estimate of drug-likeness (QED) is 0.798. The van der Waals surface area contributed by atoms with Gasteiger partial charge >= 0.3 is 12.1 Å². The number of amides is 1. The fourth-order valence-corrected chi connectivity index (χ4v) is 1.43. The summed E-state index contributed by atoms with van der Waals surface area (Å²) < 4.78 is 38.2. The van der Waals surface area contributed by atoms with Crippen LogP contribution in [0, 0.1) is 0 Å². The molecular formula is C11H9ClF3NO4. The number of hydrogen-bond donors (Lipinski definition) is 3. The van der Waals surface area contributed by atoms with Gasteiger partial charge in [0, 0.05) is 0 Å². The summed E-state index contributed by atoms with van der Waals surface area (Å²) in [6.45, 7) is 0.309. The van der Waals surface area contributed by atoms with Crippen LogP contribution < -0.4 is 5.32 Å². The van der Waals surface area contributed by atoms with Crippen LogP contribution in [0.15, 0.2) is 18.2 Å². The monoisotopic (exact) mass is 311 g/mol. The summed E-state index contributed by atoms with van der Waals surface area (Å²) >= 11 is 5.61. The molecule has 1 rings (SSSR count). The van der Waals surface area contributed by atoms with Gasteiger partial charge in [-0.05, 0) is 25.1 Å². The van der Waals surface area contributed by atoms with Crippen molar-refractivity contribution in [2.45, 2.75) is 18.6 Å². The summed E-state index contributed by atoms with van der Waals surface area (Å²) in [5.74, 6) is -4.04. The number of aliphatic carboxylic acids is 1. The molecule has 1 aromatic carbocycles. The van der Waals surface area contributed by atoms with E-state index in [4.69, 9.17) is 16.7 Å². The topological polar surface area (TPSA) is 86.6 Å². The number of rotatable bonds is 3. The van der Waals surface area contributed by atoms with Gasteiger partial charge in [0.25, 0.3) is 5.91 Å². The number of aromatic hydroxyl groups is 1. The highest BCUT2D eigenvalue weighted by Crippen LogP contribution is 2.31. The highest BCUT2D eigenvalue weighted by molar-refractivity contribution is 6.34. The van der Waals surface area contributed by atoms with Gasteiger partial charge in [0.15, 0.2) is 0 Å². The largest absolute Gasteiger partial charge is 0.508 e. The zero-order chi connectivity index (χ0) is 15.7. The van der Waals surface area contributed by atoms with E-state index in [1.54, 1.807) is 0 Å². The number of carbonyl (C=O) groups is 2. The molecule has 1 aromatic rings. The number of hydrogen-bond acceptors (Lipinski definition) is 3. The molecule has 0 heterocycles. The molecule has 3 N–H and O–H groups in total. The molecular weight excluding hydrogens is 303 g/mol. The first-order valence-electron chi connectivity index (χ1n) is 5.10. The molecule has 1 unspecified atom stereocenters. The number of carboxylic acids is 1. The lowest BCUT2D eigenvalue weighted by molar-refractivity contribution is -0.203. The van der Waals surface area contributed by atoms with Crippen molar-refractivity contribution >= 4 is 23.5 Å². The third-order valence-corrected chi connectivity index (χ3v) is 2.88. The standard InChI is InChI=1S/C11H9ClF3NO4/c1-10(9(19)20,11(13,14)15)16-8(18)6-4-5(17)2-3-7(6)12/h2-4,17H,1H3,(H,16,18)(H,19,20). The summed E-state index contributed by atoms with van der Waals surface area (Å²) in [4.78, 5) is 22.5. The predicted octanol–water partition coefficient (Wildman–Crippen LogP) is 2.18. The Kier molecular flexibility index (Phi) is 4.18. The van der Waals surface area contributed by atoms with Gasteiger partial charge in [-0.2, -0.15) is 13.2 Å². The molecule has 0 saturated heterocycles. The summed E-state index contributed by atoms with van der Waals surface area (Å²) in [7, 11) is 0. The molecule has 0 fully saturated rings. The zero-order valence-corrected chi connectivity index (χ0v) is 10.7. The normalized spacial score (nSPS) is 14.4. The second kappa shape index (κ2) is 5.20. The van der Waals surface area contributed by atoms with Crippen LogP contribution in [-0.2, 0) is 4.79 Å². The van der Waals surface area contributed by atoms with Crippen molar-refractivity contribution in [2.75, 3.05) is 0 Å². The smallest absolute Gasteiger partial charge is 0.422 e. The predicted molar refractivity (Wildman–Crippen MR) is 62.7 cm³/mol. The minimum Gasteiger partial charge on any atom is -0.508 e. The van der Waals surface area contributed by atoms with Gasteiger partial charge in [0.1, 0.15) is 5.75 Å². The van der Waals surface area contributed by atoms with Crippen LogP contribution in [0.3, 0.4) is 0 Å². The minimum atomic E-state index is -5.21. The fraction of sp³-hybridized carbons (Fsp3) is 0.273. The van der Waals surface area contributed by atoms with E-state index < -0.39 is 34.9 Å². The minimum absolute atomic E-state index is 0.227. The van der Waals surface area contributed by atoms with E-state index in [0.717, 1.165) is 18.2 Å². The highest BCUT2D eigenvalue weighted by Gasteiger charge is 2.58. The molecule has 0 aromatic heterocycles. The van der Waals surface area contributed by atoms with E-state index in [1.807, 2.05) is 0 Å². The van der Waals surface area contributed by atoms with Gasteiger partial charge in [-0.3, -0.25) is 4.79 Å². The van der Waals surface area contributed by atoms with Crippen LogP contribution in [0.2, 0.25) is 5.02 Å². The SMILES string of the molecule is CC(NC(=O)c1cc(O)ccc1Cl)(C(=O)O)C(F)(F)F. The Balaban J connectivity index is 3.16. The van der Waals surface area contributed by atoms with Crippen LogP contribution in [0.25, 0.3) is 0 Å². The third-order valence-electron chi connectivity index (χ3n) is 2.55. The van der Waals surface area contributed by atoms with E-state index in [0.29, 0.717) is 6.92 Å². The lowest BCUT2D eigenvalue weighted by atomic mass is 10.0. The van der Waals surface area contributed by atoms with Gasteiger partial charge < -0.3 is 15.5 Å². The molecule has 9 heteroatoms. The number of nitrogens with one attached hydrogen (secondary N) is 1. The van der Waals surface area contributed by atoms with Crippen LogP contribution in [0.1, 0.15) is 17.3 Å². The molecule has 0 saturated carbocycles. The summed E-state index contributed by atoms with van der Waals surface area (Å²) in [6.07, 6.45) is -5.21. The van der Waals surface area contributed by atoms with Crippen LogP contribution in [-0.4, -0.2) is 33.8 Å². The van der Waals surface area contributed by atoms with Crippen molar-refractivity contribution in [3.05, 3.63) is 28.8 Å². The average Bonchev–Trinajstić information content (AvgIpc) is 2.30. The average molecular weight is 312 g/mol. The summed E-state index contributed by atoms with van der Waals surface area (Å²) in [5.41, 5.74) is -3.94. The first-order valence-corrected chi connectivity index (χ1v) is 5.48. The van der Waals surface area contributed by atoms with Crippen molar-refractivity contribution in [3.63, 3.8) is 0 Å². The number of carboxylic acid groups (broad SMARTS) is 1. The number of halogens is 4. The van der Waals surface area contributed by atoms with Gasteiger partial charge in [0.05, 0.1) is 10.6 Å². The number of alkyl halides is 3. The van der Waals surface area contributed by atoms with Crippen LogP contribution in [0.5, 0.6) is 5.75 Å². The fourth-order valence-electron chi connectivity index (χ4n) is 1.23. The van der Waals surface area contributed by atoms with Gasteiger partial charge in [-0.1, -0.05) is 11.6 Å². The van der Waals surface area contributed by atoms with Crippen molar-refractivity contribution in [1.29, 1.82) is 0 Å². The first-order chi connectivity index (χ1) is 8.99. The lowest BCUT2D eigenvalue weighted by Gasteiger charge is -2.28. The number of benzene rings is 1. The lowest BCUT2D eigenvalue weighted by Crippen LogP contribution is -2.61. The molecule has 20 heavy (non-hydrogen) atoms. The zero-order valence-electron chi connectivity index (χ0n) is 9.95. The van der Waals surface area contributed by atoms with Crippen molar-refractivity contribution in [2.24, 2.45) is 0 Å². The second-order valence-electron chi connectivity index (χ2n) is 4.05. The Morgan fingerprint density at radius 2 is 1.85 bits per heavy atom. The van der Waals surface area contributed by atoms with Gasteiger partial charge in [-0.15, -0.1) is 0 Å². The van der Waals surface area contributed by atoms with E-state index in [1.165, 1.54) is 5.32 Å². The van der Waals surface area contributed by atoms with E-state index in [9.17, 15) is 27.9 Å². The molecule has 1 amide bonds. The second-order valence-corrected chi connectivity index (χ2v) is 4.45. The van der Waals surface area contributed by atoms with Crippen molar-refractivity contribution in [3.8, 4) is 5.75 Å². The van der Waals surface area contributed by atoms with E-state index in [2.05, 4.69) is 0 Å². The first kappa shape index (κ1) is 16.1. The van der Waals surface area contributed by atoms with Gasteiger partial charge in [0.2, 0.25) is 5.54 Å². The molecule has 0 spiro atoms.